The van der Waals surface area contributed by atoms with E-state index in [0.29, 0.717) is 18.3 Å². The minimum Gasteiger partial charge on any atom is -0.273 e. The van der Waals surface area contributed by atoms with Crippen LogP contribution in [0.1, 0.15) is 90.4 Å². The van der Waals surface area contributed by atoms with Gasteiger partial charge in [-0.25, -0.2) is 5.43 Å². The molecule has 0 saturated heterocycles. The predicted molar refractivity (Wildman–Crippen MR) is 95.2 cm³/mol. The Morgan fingerprint density at radius 1 is 0.913 bits per heavy atom. The van der Waals surface area contributed by atoms with Crippen molar-refractivity contribution in [2.75, 3.05) is 0 Å². The number of rotatable bonds is 9. The largest absolute Gasteiger partial charge is 0.273 e. The van der Waals surface area contributed by atoms with Crippen LogP contribution in [0, 0.1) is 23.7 Å². The van der Waals surface area contributed by atoms with Crippen molar-refractivity contribution in [3.63, 3.8) is 0 Å². The molecule has 23 heavy (non-hydrogen) atoms. The normalized spacial score (nSPS) is 31.4. The van der Waals surface area contributed by atoms with E-state index in [0.717, 1.165) is 18.3 Å². The van der Waals surface area contributed by atoms with Crippen molar-refractivity contribution in [1.29, 1.82) is 0 Å². The molecule has 130 valence electrons. The zero-order valence-corrected chi connectivity index (χ0v) is 14.9. The molecule has 0 spiro atoms. The minimum absolute atomic E-state index is 0.125. The molecule has 4 aliphatic rings. The van der Waals surface area contributed by atoms with E-state index in [-0.39, 0.29) is 5.91 Å². The van der Waals surface area contributed by atoms with Crippen molar-refractivity contribution in [3.8, 4) is 0 Å². The molecule has 4 saturated carbocycles. The summed E-state index contributed by atoms with van der Waals surface area (Å²) in [6.07, 6.45) is 16.2. The van der Waals surface area contributed by atoms with E-state index >= 15 is 0 Å². The van der Waals surface area contributed by atoms with Crippen LogP contribution in [0.15, 0.2) is 5.10 Å². The first-order valence-corrected chi connectivity index (χ1v) is 10.1. The van der Waals surface area contributed by atoms with E-state index in [1.54, 1.807) is 0 Å². The lowest BCUT2D eigenvalue weighted by Crippen LogP contribution is -2.46. The second-order valence-electron chi connectivity index (χ2n) is 8.25. The van der Waals surface area contributed by atoms with Crippen molar-refractivity contribution < 1.29 is 4.79 Å². The fraction of sp³-hybridized carbons (Fsp3) is 0.900. The second kappa shape index (κ2) is 8.30. The second-order valence-corrected chi connectivity index (χ2v) is 8.25. The molecule has 4 rings (SSSR count). The maximum Gasteiger partial charge on any atom is 0.240 e. The Kier molecular flexibility index (Phi) is 6.13. The summed E-state index contributed by atoms with van der Waals surface area (Å²) >= 11 is 0. The Hall–Kier alpha value is -0.860. The SMILES string of the molecule is CCCCCCCCCC(=O)NN=C1C2CC3CC(C2)CC1C3. The van der Waals surface area contributed by atoms with Crippen molar-refractivity contribution >= 4 is 11.6 Å². The van der Waals surface area contributed by atoms with Gasteiger partial charge in [-0.05, 0) is 62.2 Å². The first-order valence-electron chi connectivity index (χ1n) is 10.1. The molecule has 3 nitrogen and oxygen atoms in total. The van der Waals surface area contributed by atoms with Crippen molar-refractivity contribution in [3.05, 3.63) is 0 Å². The molecule has 0 aromatic carbocycles. The van der Waals surface area contributed by atoms with Gasteiger partial charge in [0.05, 0.1) is 0 Å². The highest BCUT2D eigenvalue weighted by Gasteiger charge is 2.46. The highest BCUT2D eigenvalue weighted by molar-refractivity contribution is 5.91. The van der Waals surface area contributed by atoms with Gasteiger partial charge < -0.3 is 0 Å². The fourth-order valence-corrected chi connectivity index (χ4v) is 5.28. The highest BCUT2D eigenvalue weighted by Crippen LogP contribution is 2.52. The van der Waals surface area contributed by atoms with Crippen molar-refractivity contribution in [2.45, 2.75) is 90.4 Å². The van der Waals surface area contributed by atoms with Crippen LogP contribution >= 0.6 is 0 Å². The Labute approximate surface area is 141 Å². The number of amides is 1. The number of carbonyl (C=O) groups is 1. The van der Waals surface area contributed by atoms with Crippen LogP contribution in [0.3, 0.4) is 0 Å². The number of nitrogens with one attached hydrogen (secondary N) is 1. The topological polar surface area (TPSA) is 41.5 Å². The van der Waals surface area contributed by atoms with Gasteiger partial charge in [0.15, 0.2) is 0 Å². The molecule has 0 radical (unpaired) electrons. The Balaban J connectivity index is 1.33. The summed E-state index contributed by atoms with van der Waals surface area (Å²) in [5.74, 6) is 3.41. The van der Waals surface area contributed by atoms with E-state index in [4.69, 9.17) is 0 Å². The standard InChI is InChI=1S/C20H34N2O/c1-2-3-4-5-6-7-8-9-19(23)21-22-20-17-11-15-10-16(13-17)14-18(20)12-15/h15-18H,2-14H2,1H3,(H,21,23). The van der Waals surface area contributed by atoms with E-state index in [2.05, 4.69) is 17.5 Å². The van der Waals surface area contributed by atoms with Crippen LogP contribution in [0.25, 0.3) is 0 Å². The number of hydrogen-bond donors (Lipinski definition) is 1. The first kappa shape index (κ1) is 17.0. The molecule has 0 unspecified atom stereocenters. The predicted octanol–water partition coefficient (Wildman–Crippen LogP) is 5.06. The molecule has 0 aromatic heterocycles. The molecule has 0 aromatic rings. The van der Waals surface area contributed by atoms with Gasteiger partial charge in [-0.2, -0.15) is 5.10 Å². The summed E-state index contributed by atoms with van der Waals surface area (Å²) in [7, 11) is 0. The van der Waals surface area contributed by atoms with Gasteiger partial charge in [0.1, 0.15) is 0 Å². The Morgan fingerprint density at radius 2 is 1.48 bits per heavy atom. The molecule has 0 heterocycles. The van der Waals surface area contributed by atoms with Gasteiger partial charge in [-0.15, -0.1) is 0 Å². The zero-order chi connectivity index (χ0) is 16.1. The molecular weight excluding hydrogens is 284 g/mol. The zero-order valence-electron chi connectivity index (χ0n) is 14.9. The monoisotopic (exact) mass is 318 g/mol. The third-order valence-electron chi connectivity index (χ3n) is 6.29. The lowest BCUT2D eigenvalue weighted by Gasteiger charge is -2.50. The van der Waals surface area contributed by atoms with E-state index in [9.17, 15) is 4.79 Å². The summed E-state index contributed by atoms with van der Waals surface area (Å²) in [5.41, 5.74) is 4.21. The number of hydrazone groups is 1. The van der Waals surface area contributed by atoms with Gasteiger partial charge in [0, 0.05) is 12.1 Å². The van der Waals surface area contributed by atoms with Gasteiger partial charge >= 0.3 is 0 Å². The van der Waals surface area contributed by atoms with E-state index < -0.39 is 0 Å². The molecule has 4 aliphatic carbocycles. The van der Waals surface area contributed by atoms with Gasteiger partial charge in [-0.3, -0.25) is 4.79 Å². The lowest BCUT2D eigenvalue weighted by atomic mass is 9.55. The maximum atomic E-state index is 12.0. The summed E-state index contributed by atoms with van der Waals surface area (Å²) in [5, 5.41) is 4.58. The number of hydrogen-bond acceptors (Lipinski definition) is 2. The molecule has 0 aliphatic heterocycles. The molecule has 3 heteroatoms. The van der Waals surface area contributed by atoms with Gasteiger partial charge in [-0.1, -0.05) is 45.4 Å². The summed E-state index contributed by atoms with van der Waals surface area (Å²) < 4.78 is 0. The van der Waals surface area contributed by atoms with E-state index in [1.807, 2.05) is 0 Å². The average molecular weight is 319 g/mol. The number of unbranched alkanes of at least 4 members (excludes halogenated alkanes) is 6. The van der Waals surface area contributed by atoms with Crippen molar-refractivity contribution in [2.24, 2.45) is 28.8 Å². The van der Waals surface area contributed by atoms with Crippen LogP contribution in [-0.2, 0) is 4.79 Å². The Bertz CT molecular complexity index is 399. The third-order valence-corrected chi connectivity index (χ3v) is 6.29. The fourth-order valence-electron chi connectivity index (χ4n) is 5.28. The molecule has 1 N–H and O–H groups in total. The number of carbonyl (C=O) groups excluding carboxylic acids is 1. The maximum absolute atomic E-state index is 12.0. The Morgan fingerprint density at radius 3 is 2.09 bits per heavy atom. The van der Waals surface area contributed by atoms with Gasteiger partial charge in [0.25, 0.3) is 0 Å². The molecular formula is C20H34N2O. The third kappa shape index (κ3) is 4.58. The smallest absolute Gasteiger partial charge is 0.240 e. The molecule has 0 atom stereocenters. The van der Waals surface area contributed by atoms with Gasteiger partial charge in [0.2, 0.25) is 5.91 Å². The first-order chi connectivity index (χ1) is 11.3. The van der Waals surface area contributed by atoms with Crippen molar-refractivity contribution in [1.82, 2.24) is 5.43 Å². The summed E-state index contributed by atoms with van der Waals surface area (Å²) in [4.78, 5) is 12.0. The van der Waals surface area contributed by atoms with Crippen LogP contribution in [0.2, 0.25) is 0 Å². The van der Waals surface area contributed by atoms with Crippen LogP contribution < -0.4 is 5.43 Å². The molecule has 4 fully saturated rings. The quantitative estimate of drug-likeness (QED) is 0.469. The summed E-state index contributed by atoms with van der Waals surface area (Å²) in [6.45, 7) is 2.25. The minimum atomic E-state index is 0.125. The average Bonchev–Trinajstić information content (AvgIpc) is 2.52. The van der Waals surface area contributed by atoms with Crippen LogP contribution in [0.5, 0.6) is 0 Å². The van der Waals surface area contributed by atoms with E-state index in [1.165, 1.54) is 76.3 Å². The highest BCUT2D eigenvalue weighted by atomic mass is 16.2. The van der Waals surface area contributed by atoms with Crippen LogP contribution in [-0.4, -0.2) is 11.6 Å². The van der Waals surface area contributed by atoms with Crippen LogP contribution in [0.4, 0.5) is 0 Å². The molecule has 4 bridgehead atoms. The number of nitrogens with zero attached hydrogens (tertiary/aromatic N) is 1. The molecule has 1 amide bonds. The lowest BCUT2D eigenvalue weighted by molar-refractivity contribution is -0.121. The summed E-state index contributed by atoms with van der Waals surface area (Å²) in [6, 6.07) is 0.